The van der Waals surface area contributed by atoms with Gasteiger partial charge in [-0.3, -0.25) is 4.79 Å². The molecule has 1 heterocycles. The average Bonchev–Trinajstić information content (AvgIpc) is 2.78. The smallest absolute Gasteiger partial charge is 0.150 e. The first-order valence-corrected chi connectivity index (χ1v) is 9.96. The lowest BCUT2D eigenvalue weighted by atomic mass is 9.89. The molecule has 0 radical (unpaired) electrons. The molecule has 0 N–H and O–H groups in total. The normalized spacial score (nSPS) is 12.6. The maximum absolute atomic E-state index is 11.1. The number of thioether (sulfide) groups is 1. The predicted octanol–water partition coefficient (Wildman–Crippen LogP) is 6.22. The molecule has 0 aliphatic carbocycles. The van der Waals surface area contributed by atoms with Gasteiger partial charge in [-0.05, 0) is 58.2 Å². The fraction of sp³-hybridized carbons (Fsp3) is 0.160. The lowest BCUT2D eigenvalue weighted by Gasteiger charge is -2.24. The van der Waals surface area contributed by atoms with Crippen molar-refractivity contribution in [3.05, 3.63) is 89.0 Å². The van der Waals surface area contributed by atoms with Crippen molar-refractivity contribution in [3.8, 4) is 11.5 Å². The van der Waals surface area contributed by atoms with E-state index in [4.69, 9.17) is 9.47 Å². The number of fused-ring (bicyclic) bond motifs is 1. The monoisotopic (exact) mass is 404 g/mol. The Bertz CT molecular complexity index is 1030. The second-order valence-electron chi connectivity index (χ2n) is 6.47. The molecule has 0 bridgehead atoms. The molecule has 3 nitrogen and oxygen atoms in total. The van der Waals surface area contributed by atoms with Gasteiger partial charge in [-0.1, -0.05) is 43.8 Å². The molecule has 3 aromatic carbocycles. The van der Waals surface area contributed by atoms with Crippen molar-refractivity contribution in [2.75, 3.05) is 20.0 Å². The van der Waals surface area contributed by atoms with E-state index in [1.165, 1.54) is 27.2 Å². The largest absolute Gasteiger partial charge is 0.497 e. The van der Waals surface area contributed by atoms with Gasteiger partial charge in [-0.2, -0.15) is 0 Å². The van der Waals surface area contributed by atoms with Crippen molar-refractivity contribution in [1.82, 2.24) is 0 Å². The van der Waals surface area contributed by atoms with Crippen LogP contribution in [0.15, 0.2) is 71.6 Å². The summed E-state index contributed by atoms with van der Waals surface area (Å²) in [6.45, 7) is 0. The molecule has 0 amide bonds. The van der Waals surface area contributed by atoms with E-state index in [0.29, 0.717) is 5.56 Å². The van der Waals surface area contributed by atoms with Crippen LogP contribution in [-0.4, -0.2) is 26.3 Å². The summed E-state index contributed by atoms with van der Waals surface area (Å²) in [5.74, 6) is 2.56. The molecule has 1 aliphatic heterocycles. The molecule has 0 saturated carbocycles. The van der Waals surface area contributed by atoms with Crippen molar-refractivity contribution < 1.29 is 14.3 Å². The Morgan fingerprint density at radius 2 is 1.45 bits per heavy atom. The van der Waals surface area contributed by atoms with E-state index in [2.05, 4.69) is 24.3 Å². The highest BCUT2D eigenvalue weighted by atomic mass is 32.2. The molecule has 0 saturated heterocycles. The summed E-state index contributed by atoms with van der Waals surface area (Å²) in [6.07, 6.45) is 0.873. The van der Waals surface area contributed by atoms with Crippen LogP contribution in [0, 0.1) is 0 Å². The number of carbonyl (C=O) groups excluding carboxylic acids is 1. The fourth-order valence-corrected chi connectivity index (χ4v) is 4.55. The number of ether oxygens (including phenoxy) is 2. The topological polar surface area (TPSA) is 35.5 Å². The van der Waals surface area contributed by atoms with Crippen LogP contribution in [0.4, 0.5) is 0 Å². The van der Waals surface area contributed by atoms with E-state index in [1.54, 1.807) is 14.2 Å². The van der Waals surface area contributed by atoms with E-state index in [-0.39, 0.29) is 7.43 Å². The SMILES string of the molecule is C.COc1ccc(C2=C(c3ccc(C=O)cc3)c3ccc(OC)cc3SC2)cc1. The van der Waals surface area contributed by atoms with Gasteiger partial charge in [0, 0.05) is 16.2 Å². The minimum atomic E-state index is 0. The van der Waals surface area contributed by atoms with Crippen LogP contribution in [0.3, 0.4) is 0 Å². The molecular formula is C25H24O3S. The lowest BCUT2D eigenvalue weighted by molar-refractivity contribution is 0.112. The predicted molar refractivity (Wildman–Crippen MR) is 121 cm³/mol. The van der Waals surface area contributed by atoms with Gasteiger partial charge in [0.25, 0.3) is 0 Å². The third-order valence-corrected chi connectivity index (χ3v) is 5.99. The third-order valence-electron chi connectivity index (χ3n) is 4.91. The standard InChI is InChI=1S/C24H20O3S.CH4/c1-26-19-9-7-17(8-10-19)22-15-28-23-13-20(27-2)11-12-21(23)24(22)18-5-3-16(14-25)4-6-18;/h3-14H,15H2,1-2H3;1H4. The number of methoxy groups -OCH3 is 2. The van der Waals surface area contributed by atoms with Crippen LogP contribution < -0.4 is 9.47 Å². The Kier molecular flexibility index (Phi) is 6.45. The van der Waals surface area contributed by atoms with Crippen LogP contribution in [-0.2, 0) is 0 Å². The number of hydrogen-bond donors (Lipinski definition) is 0. The van der Waals surface area contributed by atoms with E-state index in [0.717, 1.165) is 29.1 Å². The minimum absolute atomic E-state index is 0. The summed E-state index contributed by atoms with van der Waals surface area (Å²) in [4.78, 5) is 12.3. The van der Waals surface area contributed by atoms with Crippen LogP contribution in [0.2, 0.25) is 0 Å². The summed E-state index contributed by atoms with van der Waals surface area (Å²) < 4.78 is 10.7. The van der Waals surface area contributed by atoms with Crippen molar-refractivity contribution in [3.63, 3.8) is 0 Å². The van der Waals surface area contributed by atoms with Gasteiger partial charge in [0.1, 0.15) is 17.8 Å². The highest BCUT2D eigenvalue weighted by Crippen LogP contribution is 2.45. The quantitative estimate of drug-likeness (QED) is 0.473. The molecule has 0 fully saturated rings. The van der Waals surface area contributed by atoms with Gasteiger partial charge in [0.05, 0.1) is 14.2 Å². The second-order valence-corrected chi connectivity index (χ2v) is 7.49. The third kappa shape index (κ3) is 4.08. The van der Waals surface area contributed by atoms with Gasteiger partial charge < -0.3 is 9.47 Å². The van der Waals surface area contributed by atoms with Crippen molar-refractivity contribution in [2.24, 2.45) is 0 Å². The Labute approximate surface area is 176 Å². The Morgan fingerprint density at radius 3 is 2.07 bits per heavy atom. The summed E-state index contributed by atoms with van der Waals surface area (Å²) in [5.41, 5.74) is 6.59. The van der Waals surface area contributed by atoms with E-state index >= 15 is 0 Å². The fourth-order valence-electron chi connectivity index (χ4n) is 3.42. The summed E-state index contributed by atoms with van der Waals surface area (Å²) >= 11 is 1.81. The summed E-state index contributed by atoms with van der Waals surface area (Å²) in [7, 11) is 3.36. The highest BCUT2D eigenvalue weighted by Gasteiger charge is 2.22. The molecule has 1 aliphatic rings. The summed E-state index contributed by atoms with van der Waals surface area (Å²) in [5, 5.41) is 0. The van der Waals surface area contributed by atoms with Crippen molar-refractivity contribution in [2.45, 2.75) is 12.3 Å². The number of rotatable bonds is 5. The molecule has 3 aromatic rings. The van der Waals surface area contributed by atoms with E-state index < -0.39 is 0 Å². The average molecular weight is 405 g/mol. The van der Waals surface area contributed by atoms with Crippen LogP contribution in [0.5, 0.6) is 11.5 Å². The Morgan fingerprint density at radius 1 is 0.828 bits per heavy atom. The van der Waals surface area contributed by atoms with Gasteiger partial charge in [-0.15, -0.1) is 11.8 Å². The maximum atomic E-state index is 11.1. The molecular weight excluding hydrogens is 380 g/mol. The molecule has 0 aromatic heterocycles. The van der Waals surface area contributed by atoms with Gasteiger partial charge >= 0.3 is 0 Å². The van der Waals surface area contributed by atoms with Crippen molar-refractivity contribution in [1.29, 1.82) is 0 Å². The first-order valence-electron chi connectivity index (χ1n) is 8.98. The molecule has 0 unspecified atom stereocenters. The highest BCUT2D eigenvalue weighted by molar-refractivity contribution is 7.99. The minimum Gasteiger partial charge on any atom is -0.497 e. The van der Waals surface area contributed by atoms with Crippen LogP contribution in [0.1, 0.15) is 34.5 Å². The van der Waals surface area contributed by atoms with Crippen LogP contribution >= 0.6 is 11.8 Å². The Hall–Kier alpha value is -2.98. The van der Waals surface area contributed by atoms with Gasteiger partial charge in [0.2, 0.25) is 0 Å². The maximum Gasteiger partial charge on any atom is 0.150 e. The number of benzene rings is 3. The Balaban J connectivity index is 0.00000240. The molecule has 0 atom stereocenters. The van der Waals surface area contributed by atoms with E-state index in [1.807, 2.05) is 54.2 Å². The molecule has 4 rings (SSSR count). The summed E-state index contributed by atoms with van der Waals surface area (Å²) in [6, 6.07) is 22.2. The molecule has 4 heteroatoms. The number of aldehydes is 1. The molecule has 29 heavy (non-hydrogen) atoms. The number of carbonyl (C=O) groups is 1. The van der Waals surface area contributed by atoms with Crippen molar-refractivity contribution >= 4 is 29.2 Å². The molecule has 0 spiro atoms. The first kappa shape index (κ1) is 20.7. The van der Waals surface area contributed by atoms with Gasteiger partial charge in [0.15, 0.2) is 0 Å². The zero-order valence-electron chi connectivity index (χ0n) is 15.8. The molecule has 148 valence electrons. The number of hydrogen-bond acceptors (Lipinski definition) is 4. The van der Waals surface area contributed by atoms with E-state index in [9.17, 15) is 4.79 Å². The van der Waals surface area contributed by atoms with Crippen LogP contribution in [0.25, 0.3) is 11.1 Å². The van der Waals surface area contributed by atoms with Gasteiger partial charge in [-0.25, -0.2) is 0 Å². The first-order chi connectivity index (χ1) is 13.7. The zero-order valence-corrected chi connectivity index (χ0v) is 16.6. The second kappa shape index (κ2) is 9.01. The zero-order chi connectivity index (χ0) is 19.5. The lowest BCUT2D eigenvalue weighted by Crippen LogP contribution is -2.04.